The number of piperidine rings is 1. The minimum atomic E-state index is -4.30. The van der Waals surface area contributed by atoms with Gasteiger partial charge in [0.15, 0.2) is 0 Å². The molecule has 1 aromatic carbocycles. The van der Waals surface area contributed by atoms with Crippen LogP contribution in [0.1, 0.15) is 48.9 Å². The number of likely N-dealkylation sites (tertiary alicyclic amines) is 1. The van der Waals surface area contributed by atoms with Crippen LogP contribution in [-0.4, -0.2) is 56.2 Å². The van der Waals surface area contributed by atoms with Crippen molar-refractivity contribution in [3.8, 4) is 11.5 Å². The van der Waals surface area contributed by atoms with Crippen LogP contribution < -0.4 is 14.8 Å². The molecule has 1 heterocycles. The van der Waals surface area contributed by atoms with Gasteiger partial charge in [-0.05, 0) is 37.8 Å². The summed E-state index contributed by atoms with van der Waals surface area (Å²) < 4.78 is 50.2. The van der Waals surface area contributed by atoms with Crippen LogP contribution in [0.25, 0.3) is 0 Å². The number of halogens is 3. The molecule has 0 radical (unpaired) electrons. The second-order valence-corrected chi connectivity index (χ2v) is 8.22. The number of methoxy groups -OCH3 is 2. The summed E-state index contributed by atoms with van der Waals surface area (Å²) in [6.45, 7) is 0.730. The van der Waals surface area contributed by atoms with Crippen molar-refractivity contribution >= 4 is 11.8 Å². The summed E-state index contributed by atoms with van der Waals surface area (Å²) >= 11 is 0. The molecule has 0 spiro atoms. The number of hydrogen-bond acceptors (Lipinski definition) is 4. The van der Waals surface area contributed by atoms with Crippen LogP contribution in [0.2, 0.25) is 0 Å². The molecule has 2 atom stereocenters. The molecular formula is C22H29F3N2O4. The summed E-state index contributed by atoms with van der Waals surface area (Å²) in [5, 5.41) is 2.66. The summed E-state index contributed by atoms with van der Waals surface area (Å²) in [6.07, 6.45) is -1.83. The van der Waals surface area contributed by atoms with Crippen LogP contribution in [-0.2, 0) is 4.79 Å². The molecule has 0 bridgehead atoms. The average molecular weight is 442 g/mol. The number of carbonyl (C=O) groups excluding carboxylic acids is 2. The highest BCUT2D eigenvalue weighted by Crippen LogP contribution is 2.38. The maximum Gasteiger partial charge on any atom is 0.393 e. The van der Waals surface area contributed by atoms with Gasteiger partial charge in [-0.3, -0.25) is 9.59 Å². The molecule has 1 aromatic rings. The lowest BCUT2D eigenvalue weighted by atomic mass is 9.83. The lowest BCUT2D eigenvalue weighted by Crippen LogP contribution is -2.51. The van der Waals surface area contributed by atoms with Crippen LogP contribution in [0.15, 0.2) is 18.2 Å². The minimum Gasteiger partial charge on any atom is -0.497 e. The Kier molecular flexibility index (Phi) is 7.33. The molecule has 1 N–H and O–H groups in total. The number of amides is 2. The van der Waals surface area contributed by atoms with Crippen LogP contribution in [0.4, 0.5) is 13.2 Å². The number of alkyl halides is 3. The van der Waals surface area contributed by atoms with Crippen LogP contribution in [0.5, 0.6) is 11.5 Å². The van der Waals surface area contributed by atoms with E-state index < -0.39 is 18.1 Å². The van der Waals surface area contributed by atoms with E-state index in [2.05, 4.69) is 5.32 Å². The number of nitrogens with one attached hydrogen (secondary N) is 1. The van der Waals surface area contributed by atoms with Crippen molar-refractivity contribution in [1.82, 2.24) is 10.2 Å². The summed E-state index contributed by atoms with van der Waals surface area (Å²) in [5.41, 5.74) is 0.425. The zero-order valence-electron chi connectivity index (χ0n) is 17.8. The fraction of sp³-hybridized carbons (Fsp3) is 0.636. The van der Waals surface area contributed by atoms with E-state index >= 15 is 0 Å². The summed E-state index contributed by atoms with van der Waals surface area (Å²) in [4.78, 5) is 27.2. The van der Waals surface area contributed by atoms with Gasteiger partial charge in [0.25, 0.3) is 5.91 Å². The van der Waals surface area contributed by atoms with Gasteiger partial charge >= 0.3 is 6.18 Å². The molecule has 0 aromatic heterocycles. The van der Waals surface area contributed by atoms with Gasteiger partial charge in [0.2, 0.25) is 5.91 Å². The fourth-order valence-electron chi connectivity index (χ4n) is 4.45. The molecule has 2 aliphatic rings. The van der Waals surface area contributed by atoms with Crippen molar-refractivity contribution in [2.75, 3.05) is 27.3 Å². The molecule has 2 fully saturated rings. The third-order valence-corrected chi connectivity index (χ3v) is 6.27. The third kappa shape index (κ3) is 5.62. The molecular weight excluding hydrogens is 413 g/mol. The first-order chi connectivity index (χ1) is 14.7. The quantitative estimate of drug-likeness (QED) is 0.754. The maximum atomic E-state index is 13.3. The first kappa shape index (κ1) is 23.2. The monoisotopic (exact) mass is 442 g/mol. The molecule has 3 rings (SSSR count). The molecule has 2 unspecified atom stereocenters. The van der Waals surface area contributed by atoms with Gasteiger partial charge in [0, 0.05) is 36.7 Å². The second kappa shape index (κ2) is 9.78. The van der Waals surface area contributed by atoms with Crippen molar-refractivity contribution in [2.24, 2.45) is 11.8 Å². The molecule has 1 aliphatic carbocycles. The Morgan fingerprint density at radius 3 is 2.10 bits per heavy atom. The second-order valence-electron chi connectivity index (χ2n) is 8.22. The normalized spacial score (nSPS) is 22.7. The minimum absolute atomic E-state index is 0.0609. The SMILES string of the molecule is COc1cc(OC)cc(C(=O)N2CCC(C(=O)NC3CCCCC3C(F)(F)F)CC2)c1. The number of ether oxygens (including phenoxy) is 2. The topological polar surface area (TPSA) is 67.9 Å². The van der Waals surface area contributed by atoms with Gasteiger partial charge in [0.1, 0.15) is 11.5 Å². The zero-order valence-corrected chi connectivity index (χ0v) is 17.8. The van der Waals surface area contributed by atoms with Crippen molar-refractivity contribution in [3.63, 3.8) is 0 Å². The molecule has 1 aliphatic heterocycles. The predicted octanol–water partition coefficient (Wildman–Crippen LogP) is 3.79. The van der Waals surface area contributed by atoms with Gasteiger partial charge in [0.05, 0.1) is 20.1 Å². The third-order valence-electron chi connectivity index (χ3n) is 6.27. The average Bonchev–Trinajstić information content (AvgIpc) is 2.77. The summed E-state index contributed by atoms with van der Waals surface area (Å²) in [5.74, 6) is -1.39. The molecule has 31 heavy (non-hydrogen) atoms. The highest BCUT2D eigenvalue weighted by molar-refractivity contribution is 5.95. The Morgan fingerprint density at radius 1 is 0.968 bits per heavy atom. The van der Waals surface area contributed by atoms with Crippen molar-refractivity contribution in [2.45, 2.75) is 50.7 Å². The predicted molar refractivity (Wildman–Crippen MR) is 108 cm³/mol. The molecule has 172 valence electrons. The van der Waals surface area contributed by atoms with E-state index in [1.165, 1.54) is 14.2 Å². The van der Waals surface area contributed by atoms with E-state index in [0.29, 0.717) is 62.3 Å². The Bertz CT molecular complexity index is 769. The molecule has 2 amide bonds. The number of rotatable bonds is 5. The molecule has 1 saturated carbocycles. The van der Waals surface area contributed by atoms with Crippen LogP contribution in [0.3, 0.4) is 0 Å². The lowest BCUT2D eigenvalue weighted by Gasteiger charge is -2.36. The fourth-order valence-corrected chi connectivity index (χ4v) is 4.45. The van der Waals surface area contributed by atoms with Crippen molar-refractivity contribution < 1.29 is 32.2 Å². The van der Waals surface area contributed by atoms with Crippen molar-refractivity contribution in [1.29, 1.82) is 0 Å². The Hall–Kier alpha value is -2.45. The van der Waals surface area contributed by atoms with E-state index in [4.69, 9.17) is 9.47 Å². The first-order valence-corrected chi connectivity index (χ1v) is 10.6. The number of nitrogens with zero attached hydrogens (tertiary/aromatic N) is 1. The van der Waals surface area contributed by atoms with Crippen molar-refractivity contribution in [3.05, 3.63) is 23.8 Å². The Balaban J connectivity index is 1.58. The van der Waals surface area contributed by atoms with Crippen LogP contribution in [0, 0.1) is 11.8 Å². The smallest absolute Gasteiger partial charge is 0.393 e. The lowest BCUT2D eigenvalue weighted by molar-refractivity contribution is -0.189. The molecule has 9 heteroatoms. The van der Waals surface area contributed by atoms with Gasteiger partial charge in [-0.15, -0.1) is 0 Å². The van der Waals surface area contributed by atoms with Gasteiger partial charge in [-0.25, -0.2) is 0 Å². The Morgan fingerprint density at radius 2 is 1.55 bits per heavy atom. The number of carbonyl (C=O) groups is 2. The van der Waals surface area contributed by atoms with E-state index in [0.717, 1.165) is 0 Å². The molecule has 1 saturated heterocycles. The highest BCUT2D eigenvalue weighted by Gasteiger charge is 2.46. The number of hydrogen-bond donors (Lipinski definition) is 1. The van der Waals surface area contributed by atoms with E-state index in [9.17, 15) is 22.8 Å². The van der Waals surface area contributed by atoms with Gasteiger partial charge in [-0.1, -0.05) is 12.8 Å². The zero-order chi connectivity index (χ0) is 22.6. The highest BCUT2D eigenvalue weighted by atomic mass is 19.4. The molecule has 6 nitrogen and oxygen atoms in total. The maximum absolute atomic E-state index is 13.3. The van der Waals surface area contributed by atoms with Gasteiger partial charge in [-0.2, -0.15) is 13.2 Å². The standard InChI is InChI=1S/C22H29F3N2O4/c1-30-16-11-15(12-17(13-16)31-2)21(29)27-9-7-14(8-10-27)20(28)26-19-6-4-3-5-18(19)22(23,24)25/h11-14,18-19H,3-10H2,1-2H3,(H,26,28). The first-order valence-electron chi connectivity index (χ1n) is 10.6. The van der Waals surface area contributed by atoms with E-state index in [1.807, 2.05) is 0 Å². The summed E-state index contributed by atoms with van der Waals surface area (Å²) in [7, 11) is 3.01. The summed E-state index contributed by atoms with van der Waals surface area (Å²) in [6, 6.07) is 4.08. The van der Waals surface area contributed by atoms with E-state index in [1.54, 1.807) is 23.1 Å². The largest absolute Gasteiger partial charge is 0.497 e. The Labute approximate surface area is 180 Å². The van der Waals surface area contributed by atoms with Gasteiger partial charge < -0.3 is 19.7 Å². The number of benzene rings is 1. The van der Waals surface area contributed by atoms with E-state index in [-0.39, 0.29) is 24.2 Å². The van der Waals surface area contributed by atoms with Crippen LogP contribution >= 0.6 is 0 Å².